The molecule has 1 aromatic rings. The van der Waals surface area contributed by atoms with Crippen molar-refractivity contribution in [3.63, 3.8) is 0 Å². The molecule has 0 aliphatic carbocycles. The van der Waals surface area contributed by atoms with E-state index in [0.29, 0.717) is 5.82 Å². The monoisotopic (exact) mass is 132 g/mol. The van der Waals surface area contributed by atoms with E-state index in [4.69, 9.17) is 0 Å². The highest BCUT2D eigenvalue weighted by molar-refractivity contribution is 5.02. The first-order valence-electron chi connectivity index (χ1n) is 2.79. The van der Waals surface area contributed by atoms with E-state index in [9.17, 15) is 0 Å². The fourth-order valence-electron chi connectivity index (χ4n) is 0.784. The van der Waals surface area contributed by atoms with E-state index < -0.39 is 0 Å². The second-order valence-corrected chi connectivity index (χ2v) is 1.90. The molecule has 4 heteroatoms. The van der Waals surface area contributed by atoms with E-state index in [1.54, 1.807) is 12.4 Å². The van der Waals surface area contributed by atoms with E-state index in [1.165, 1.54) is 0 Å². The van der Waals surface area contributed by atoms with Crippen LogP contribution in [0.3, 0.4) is 0 Å². The zero-order valence-corrected chi connectivity index (χ0v) is 5.15. The Kier molecular flexibility index (Phi) is 0.887. The van der Waals surface area contributed by atoms with Crippen LogP contribution < -0.4 is 10.7 Å². The van der Waals surface area contributed by atoms with Crippen molar-refractivity contribution < 1.29 is 0 Å². The Balaban J connectivity index is 2.96. The summed E-state index contributed by atoms with van der Waals surface area (Å²) >= 11 is 0. The summed E-state index contributed by atoms with van der Waals surface area (Å²) in [5.41, 5.74) is 0. The lowest BCUT2D eigenvalue weighted by Crippen LogP contribution is -2.22. The molecule has 48 valence electrons. The average molecular weight is 132 g/mol. The minimum Gasteiger partial charge on any atom is -0.226 e. The van der Waals surface area contributed by atoms with Gasteiger partial charge in [0.05, 0.1) is 12.4 Å². The SMILES string of the molecule is C=C1N=c2cnncc2=N1. The van der Waals surface area contributed by atoms with Gasteiger partial charge in [0.1, 0.15) is 16.5 Å². The van der Waals surface area contributed by atoms with E-state index in [2.05, 4.69) is 26.8 Å². The molecule has 0 atom stereocenters. The second kappa shape index (κ2) is 1.70. The fourth-order valence-corrected chi connectivity index (χ4v) is 0.784. The van der Waals surface area contributed by atoms with Crippen LogP contribution in [0.4, 0.5) is 0 Å². The third-order valence-corrected chi connectivity index (χ3v) is 1.19. The van der Waals surface area contributed by atoms with Gasteiger partial charge in [0.25, 0.3) is 0 Å². The van der Waals surface area contributed by atoms with E-state index in [1.807, 2.05) is 0 Å². The molecule has 4 nitrogen and oxygen atoms in total. The van der Waals surface area contributed by atoms with Crippen molar-refractivity contribution in [3.8, 4) is 0 Å². The van der Waals surface area contributed by atoms with Crippen LogP contribution in [0.2, 0.25) is 0 Å². The molecule has 1 aromatic heterocycles. The van der Waals surface area contributed by atoms with Crippen LogP contribution >= 0.6 is 0 Å². The lowest BCUT2D eigenvalue weighted by Gasteiger charge is -1.74. The lowest BCUT2D eigenvalue weighted by molar-refractivity contribution is 0.990. The topological polar surface area (TPSA) is 50.5 Å². The molecule has 0 N–H and O–H groups in total. The first-order valence-corrected chi connectivity index (χ1v) is 2.79. The molecule has 0 aromatic carbocycles. The van der Waals surface area contributed by atoms with Gasteiger partial charge in [0.2, 0.25) is 0 Å². The van der Waals surface area contributed by atoms with Gasteiger partial charge in [-0.2, -0.15) is 10.2 Å². The first-order chi connectivity index (χ1) is 4.86. The van der Waals surface area contributed by atoms with Crippen LogP contribution in [-0.2, 0) is 0 Å². The standard InChI is InChI=1S/C6H4N4/c1-4-9-5-2-7-8-3-6(5)10-4/h2-3H,1H2. The van der Waals surface area contributed by atoms with Crippen molar-refractivity contribution in [1.82, 2.24) is 10.2 Å². The molecule has 0 radical (unpaired) electrons. The fraction of sp³-hybridized carbons (Fsp3) is 0. The van der Waals surface area contributed by atoms with Crippen molar-refractivity contribution in [2.45, 2.75) is 0 Å². The normalized spacial score (nSPS) is 13.8. The van der Waals surface area contributed by atoms with Crippen molar-refractivity contribution in [2.75, 3.05) is 0 Å². The van der Waals surface area contributed by atoms with Crippen LogP contribution in [-0.4, -0.2) is 10.2 Å². The van der Waals surface area contributed by atoms with Gasteiger partial charge in [-0.15, -0.1) is 0 Å². The van der Waals surface area contributed by atoms with Crippen LogP contribution in [0.5, 0.6) is 0 Å². The Morgan fingerprint density at radius 3 is 2.00 bits per heavy atom. The zero-order chi connectivity index (χ0) is 6.97. The van der Waals surface area contributed by atoms with Crippen LogP contribution in [0.25, 0.3) is 0 Å². The molecule has 0 spiro atoms. The summed E-state index contributed by atoms with van der Waals surface area (Å²) in [6.07, 6.45) is 3.13. The molecule has 10 heavy (non-hydrogen) atoms. The van der Waals surface area contributed by atoms with Gasteiger partial charge in [-0.3, -0.25) is 0 Å². The summed E-state index contributed by atoms with van der Waals surface area (Å²) in [5, 5.41) is 8.79. The highest BCUT2D eigenvalue weighted by atomic mass is 15.1. The average Bonchev–Trinajstić information content (AvgIpc) is 2.27. The number of fused-ring (bicyclic) bond motifs is 1. The quantitative estimate of drug-likeness (QED) is 0.464. The van der Waals surface area contributed by atoms with Gasteiger partial charge in [0.15, 0.2) is 0 Å². The minimum atomic E-state index is 0.518. The summed E-state index contributed by atoms with van der Waals surface area (Å²) in [6, 6.07) is 0. The maximum atomic E-state index is 3.99. The molecule has 0 unspecified atom stereocenters. The van der Waals surface area contributed by atoms with Gasteiger partial charge in [-0.05, 0) is 0 Å². The van der Waals surface area contributed by atoms with Gasteiger partial charge < -0.3 is 0 Å². The lowest BCUT2D eigenvalue weighted by atomic mass is 10.5. The van der Waals surface area contributed by atoms with Gasteiger partial charge in [-0.1, -0.05) is 6.58 Å². The summed E-state index contributed by atoms with van der Waals surface area (Å²) in [7, 11) is 0. The molecular formula is C6H4N4. The molecule has 0 saturated carbocycles. The number of aromatic nitrogens is 2. The van der Waals surface area contributed by atoms with Crippen molar-refractivity contribution >= 4 is 0 Å². The molecule has 0 saturated heterocycles. The molecule has 1 aliphatic rings. The highest BCUT2D eigenvalue weighted by Crippen LogP contribution is 1.91. The van der Waals surface area contributed by atoms with Crippen LogP contribution in [0.15, 0.2) is 34.8 Å². The van der Waals surface area contributed by atoms with E-state index in [0.717, 1.165) is 10.7 Å². The number of nitrogens with zero attached hydrogens (tertiary/aromatic N) is 4. The van der Waals surface area contributed by atoms with Crippen molar-refractivity contribution in [1.29, 1.82) is 0 Å². The number of rotatable bonds is 0. The van der Waals surface area contributed by atoms with Gasteiger partial charge in [0, 0.05) is 0 Å². The summed E-state index contributed by atoms with van der Waals surface area (Å²) in [6.45, 7) is 3.58. The Morgan fingerprint density at radius 1 is 1.00 bits per heavy atom. The Bertz CT molecular complexity index is 355. The number of hydrogen-bond donors (Lipinski definition) is 0. The second-order valence-electron chi connectivity index (χ2n) is 1.90. The molecule has 2 heterocycles. The predicted octanol–water partition coefficient (Wildman–Crippen LogP) is -0.799. The van der Waals surface area contributed by atoms with Gasteiger partial charge >= 0.3 is 0 Å². The molecule has 0 amide bonds. The summed E-state index contributed by atoms with van der Waals surface area (Å²) < 4.78 is 0. The summed E-state index contributed by atoms with van der Waals surface area (Å²) in [5.74, 6) is 0.518. The van der Waals surface area contributed by atoms with Crippen molar-refractivity contribution in [3.05, 3.63) is 35.5 Å². The maximum Gasteiger partial charge on any atom is 0.146 e. The Labute approximate surface area is 56.7 Å². The summed E-state index contributed by atoms with van der Waals surface area (Å²) in [4.78, 5) is 7.98. The predicted molar refractivity (Wildman–Crippen MR) is 33.5 cm³/mol. The molecule has 0 fully saturated rings. The Hall–Kier alpha value is -1.58. The van der Waals surface area contributed by atoms with E-state index in [-0.39, 0.29) is 0 Å². The smallest absolute Gasteiger partial charge is 0.146 e. The first kappa shape index (κ1) is 5.22. The Morgan fingerprint density at radius 2 is 1.50 bits per heavy atom. The van der Waals surface area contributed by atoms with E-state index >= 15 is 0 Å². The molecule has 2 rings (SSSR count). The van der Waals surface area contributed by atoms with Crippen molar-refractivity contribution in [2.24, 2.45) is 9.98 Å². The van der Waals surface area contributed by atoms with Crippen LogP contribution in [0, 0.1) is 0 Å². The maximum absolute atomic E-state index is 3.99. The largest absolute Gasteiger partial charge is 0.226 e. The van der Waals surface area contributed by atoms with Gasteiger partial charge in [-0.25, -0.2) is 9.98 Å². The molecule has 1 aliphatic heterocycles. The third-order valence-electron chi connectivity index (χ3n) is 1.19. The van der Waals surface area contributed by atoms with Crippen LogP contribution in [0.1, 0.15) is 0 Å². The third kappa shape index (κ3) is 0.621. The molecular weight excluding hydrogens is 128 g/mol. The minimum absolute atomic E-state index is 0.518. The molecule has 0 bridgehead atoms. The highest BCUT2D eigenvalue weighted by Gasteiger charge is 1.97. The number of hydrogen-bond acceptors (Lipinski definition) is 4. The zero-order valence-electron chi connectivity index (χ0n) is 5.15.